The van der Waals surface area contributed by atoms with E-state index < -0.39 is 0 Å². The predicted octanol–water partition coefficient (Wildman–Crippen LogP) is 1.86. The summed E-state index contributed by atoms with van der Waals surface area (Å²) in [6.07, 6.45) is 2.88. The molecule has 0 saturated carbocycles. The van der Waals surface area contributed by atoms with Gasteiger partial charge in [0.25, 0.3) is 0 Å². The highest BCUT2D eigenvalue weighted by Crippen LogP contribution is 2.21. The highest BCUT2D eigenvalue weighted by molar-refractivity contribution is 8.00. The molecule has 1 aromatic rings. The van der Waals surface area contributed by atoms with E-state index in [0.717, 1.165) is 23.8 Å². The molecule has 18 heavy (non-hydrogen) atoms. The van der Waals surface area contributed by atoms with Gasteiger partial charge in [-0.25, -0.2) is 9.97 Å². The number of amides is 1. The lowest BCUT2D eigenvalue weighted by Crippen LogP contribution is -2.25. The Bertz CT molecular complexity index is 378. The van der Waals surface area contributed by atoms with Crippen LogP contribution in [-0.4, -0.2) is 41.5 Å². The van der Waals surface area contributed by atoms with Crippen molar-refractivity contribution in [1.29, 1.82) is 0 Å². The SMILES string of the molecule is CCCNC(=O)CSc1cc(NC)nc(SC)n1. The molecule has 0 aliphatic heterocycles. The fourth-order valence-electron chi connectivity index (χ4n) is 1.15. The zero-order valence-corrected chi connectivity index (χ0v) is 12.5. The molecule has 0 radical (unpaired) electrons. The highest BCUT2D eigenvalue weighted by atomic mass is 32.2. The summed E-state index contributed by atoms with van der Waals surface area (Å²) in [5.41, 5.74) is 0. The van der Waals surface area contributed by atoms with Crippen molar-refractivity contribution in [3.63, 3.8) is 0 Å². The van der Waals surface area contributed by atoms with Gasteiger partial charge in [0.15, 0.2) is 5.16 Å². The van der Waals surface area contributed by atoms with E-state index in [2.05, 4.69) is 20.6 Å². The van der Waals surface area contributed by atoms with E-state index >= 15 is 0 Å². The molecule has 5 nitrogen and oxygen atoms in total. The van der Waals surface area contributed by atoms with Crippen LogP contribution in [0, 0.1) is 0 Å². The lowest BCUT2D eigenvalue weighted by molar-refractivity contribution is -0.118. The van der Waals surface area contributed by atoms with Crippen LogP contribution in [0.3, 0.4) is 0 Å². The van der Waals surface area contributed by atoms with Crippen molar-refractivity contribution >= 4 is 35.2 Å². The predicted molar refractivity (Wildman–Crippen MR) is 77.4 cm³/mol. The van der Waals surface area contributed by atoms with Crippen LogP contribution in [0.2, 0.25) is 0 Å². The number of anilines is 1. The Morgan fingerprint density at radius 2 is 2.22 bits per heavy atom. The minimum Gasteiger partial charge on any atom is -0.373 e. The highest BCUT2D eigenvalue weighted by Gasteiger charge is 2.06. The van der Waals surface area contributed by atoms with Crippen molar-refractivity contribution in [3.05, 3.63) is 6.07 Å². The number of carbonyl (C=O) groups excluding carboxylic acids is 1. The average molecular weight is 286 g/mol. The van der Waals surface area contributed by atoms with Gasteiger partial charge >= 0.3 is 0 Å². The number of thioether (sulfide) groups is 2. The Labute approximate surface area is 116 Å². The molecule has 1 aromatic heterocycles. The van der Waals surface area contributed by atoms with E-state index in [9.17, 15) is 4.79 Å². The third-order valence-electron chi connectivity index (χ3n) is 2.04. The van der Waals surface area contributed by atoms with E-state index in [0.29, 0.717) is 10.9 Å². The first-order chi connectivity index (χ1) is 8.69. The molecule has 0 spiro atoms. The number of aromatic nitrogens is 2. The molecular weight excluding hydrogens is 268 g/mol. The van der Waals surface area contributed by atoms with Gasteiger partial charge in [-0.05, 0) is 12.7 Å². The molecule has 0 aliphatic rings. The Morgan fingerprint density at radius 3 is 2.83 bits per heavy atom. The van der Waals surface area contributed by atoms with Gasteiger partial charge in [-0.3, -0.25) is 4.79 Å². The fraction of sp³-hybridized carbons (Fsp3) is 0.545. The summed E-state index contributed by atoms with van der Waals surface area (Å²) in [7, 11) is 1.81. The smallest absolute Gasteiger partial charge is 0.230 e. The molecule has 0 aliphatic carbocycles. The van der Waals surface area contributed by atoms with E-state index in [1.165, 1.54) is 23.5 Å². The molecule has 0 aromatic carbocycles. The maximum absolute atomic E-state index is 11.5. The van der Waals surface area contributed by atoms with Crippen LogP contribution in [0.15, 0.2) is 16.2 Å². The number of hydrogen-bond donors (Lipinski definition) is 2. The van der Waals surface area contributed by atoms with Crippen molar-refractivity contribution in [2.24, 2.45) is 0 Å². The van der Waals surface area contributed by atoms with E-state index in [1.54, 1.807) is 0 Å². The van der Waals surface area contributed by atoms with Gasteiger partial charge in [-0.2, -0.15) is 0 Å². The second-order valence-corrected chi connectivity index (χ2v) is 5.24. The second kappa shape index (κ2) is 8.20. The first kappa shape index (κ1) is 15.1. The largest absolute Gasteiger partial charge is 0.373 e. The molecule has 0 bridgehead atoms. The summed E-state index contributed by atoms with van der Waals surface area (Å²) in [6.45, 7) is 2.75. The molecule has 100 valence electrons. The Morgan fingerprint density at radius 1 is 1.44 bits per heavy atom. The first-order valence-corrected chi connectivity index (χ1v) is 7.91. The minimum atomic E-state index is 0.0390. The number of rotatable bonds is 7. The molecule has 7 heteroatoms. The van der Waals surface area contributed by atoms with Crippen LogP contribution >= 0.6 is 23.5 Å². The van der Waals surface area contributed by atoms with Gasteiger partial charge in [0.2, 0.25) is 5.91 Å². The number of nitrogens with zero attached hydrogens (tertiary/aromatic N) is 2. The molecule has 0 fully saturated rings. The summed E-state index contributed by atoms with van der Waals surface area (Å²) in [4.78, 5) is 20.1. The first-order valence-electron chi connectivity index (χ1n) is 5.70. The van der Waals surface area contributed by atoms with Gasteiger partial charge in [0.05, 0.1) is 5.75 Å². The summed E-state index contributed by atoms with van der Waals surface area (Å²) in [6, 6.07) is 1.84. The molecule has 2 N–H and O–H groups in total. The molecule has 1 amide bonds. The Hall–Kier alpha value is -0.950. The lowest BCUT2D eigenvalue weighted by Gasteiger charge is -2.06. The standard InChI is InChI=1S/C11H18N4OS2/c1-4-5-13-9(16)7-18-10-6-8(12-2)14-11(15-10)17-3/h6H,4-5,7H2,1-3H3,(H,13,16)(H,12,14,15). The summed E-state index contributed by atoms with van der Waals surface area (Å²) < 4.78 is 0. The van der Waals surface area contributed by atoms with Crippen LogP contribution in [0.4, 0.5) is 5.82 Å². The molecule has 0 unspecified atom stereocenters. The van der Waals surface area contributed by atoms with Crippen LogP contribution < -0.4 is 10.6 Å². The van der Waals surface area contributed by atoms with Gasteiger partial charge in [0.1, 0.15) is 10.8 Å². The fourth-order valence-corrected chi connectivity index (χ4v) is 2.32. The quantitative estimate of drug-likeness (QED) is 0.453. The average Bonchev–Trinajstić information content (AvgIpc) is 2.42. The van der Waals surface area contributed by atoms with E-state index in [-0.39, 0.29) is 5.91 Å². The van der Waals surface area contributed by atoms with Crippen molar-refractivity contribution in [1.82, 2.24) is 15.3 Å². The second-order valence-electron chi connectivity index (χ2n) is 3.47. The summed E-state index contributed by atoms with van der Waals surface area (Å²) in [5, 5.41) is 7.34. The lowest BCUT2D eigenvalue weighted by atomic mass is 10.5. The minimum absolute atomic E-state index is 0.0390. The normalized spacial score (nSPS) is 10.2. The van der Waals surface area contributed by atoms with Gasteiger partial charge in [-0.1, -0.05) is 30.4 Å². The van der Waals surface area contributed by atoms with E-state index in [1.807, 2.05) is 26.3 Å². The zero-order chi connectivity index (χ0) is 13.4. The van der Waals surface area contributed by atoms with Crippen LogP contribution in [0.1, 0.15) is 13.3 Å². The van der Waals surface area contributed by atoms with Crippen LogP contribution in [-0.2, 0) is 4.79 Å². The van der Waals surface area contributed by atoms with Crippen LogP contribution in [0.25, 0.3) is 0 Å². The third-order valence-corrected chi connectivity index (χ3v) is 3.50. The summed E-state index contributed by atoms with van der Waals surface area (Å²) >= 11 is 2.91. The van der Waals surface area contributed by atoms with Crippen molar-refractivity contribution in [3.8, 4) is 0 Å². The maximum atomic E-state index is 11.5. The van der Waals surface area contributed by atoms with Crippen molar-refractivity contribution < 1.29 is 4.79 Å². The van der Waals surface area contributed by atoms with Crippen LogP contribution in [0.5, 0.6) is 0 Å². The third kappa shape index (κ3) is 5.14. The number of nitrogens with one attached hydrogen (secondary N) is 2. The zero-order valence-electron chi connectivity index (χ0n) is 10.8. The van der Waals surface area contributed by atoms with E-state index in [4.69, 9.17) is 0 Å². The topological polar surface area (TPSA) is 66.9 Å². The van der Waals surface area contributed by atoms with Crippen molar-refractivity contribution in [2.45, 2.75) is 23.5 Å². The van der Waals surface area contributed by atoms with Gasteiger partial charge < -0.3 is 10.6 Å². The molecular formula is C11H18N4OS2. The molecule has 1 rings (SSSR count). The monoisotopic (exact) mass is 286 g/mol. The number of carbonyl (C=O) groups is 1. The molecule has 1 heterocycles. The molecule has 0 saturated heterocycles. The Balaban J connectivity index is 2.58. The maximum Gasteiger partial charge on any atom is 0.230 e. The molecule has 0 atom stereocenters. The van der Waals surface area contributed by atoms with Gasteiger partial charge in [0, 0.05) is 19.7 Å². The van der Waals surface area contributed by atoms with Gasteiger partial charge in [-0.15, -0.1) is 0 Å². The Kier molecular flexibility index (Phi) is 6.89. The number of hydrogen-bond acceptors (Lipinski definition) is 6. The van der Waals surface area contributed by atoms with Crippen molar-refractivity contribution in [2.75, 3.05) is 30.9 Å². The summed E-state index contributed by atoms with van der Waals surface area (Å²) in [5.74, 6) is 1.19.